The number of hydrogen-bond donors (Lipinski definition) is 0. The van der Waals surface area contributed by atoms with Crippen LogP contribution in [0, 0.1) is 0 Å². The summed E-state index contributed by atoms with van der Waals surface area (Å²) in [5.74, 6) is 0.358. The first kappa shape index (κ1) is 30.8. The molecule has 0 saturated carbocycles. The van der Waals surface area contributed by atoms with Crippen molar-refractivity contribution in [2.75, 3.05) is 0 Å². The van der Waals surface area contributed by atoms with E-state index in [1.807, 2.05) is 0 Å². The van der Waals surface area contributed by atoms with Gasteiger partial charge in [0, 0.05) is 11.8 Å². The smallest absolute Gasteiger partial charge is 0.0352 e. The second-order valence-electron chi connectivity index (χ2n) is 14.8. The van der Waals surface area contributed by atoms with Crippen molar-refractivity contribution in [1.29, 1.82) is 0 Å². The molecular formula is C54H36. The van der Waals surface area contributed by atoms with Crippen molar-refractivity contribution in [1.82, 2.24) is 0 Å². The Labute approximate surface area is 316 Å². The topological polar surface area (TPSA) is 0 Å². The third-order valence-electron chi connectivity index (χ3n) is 11.8. The van der Waals surface area contributed by atoms with E-state index in [0.717, 1.165) is 0 Å². The molecule has 0 heterocycles. The van der Waals surface area contributed by atoms with E-state index in [9.17, 15) is 0 Å². The Morgan fingerprint density at radius 1 is 0.259 bits per heavy atom. The quantitative estimate of drug-likeness (QED) is 0.169. The summed E-state index contributed by atoms with van der Waals surface area (Å²) < 4.78 is 0. The predicted molar refractivity (Wildman–Crippen MR) is 226 cm³/mol. The van der Waals surface area contributed by atoms with Crippen molar-refractivity contribution in [3.63, 3.8) is 0 Å². The highest BCUT2D eigenvalue weighted by atomic mass is 14.4. The lowest BCUT2D eigenvalue weighted by atomic mass is 9.85. The molecule has 54 heavy (non-hydrogen) atoms. The normalized spacial score (nSPS) is 15.0. The van der Waals surface area contributed by atoms with E-state index in [2.05, 4.69) is 206 Å². The summed E-state index contributed by atoms with van der Waals surface area (Å²) in [4.78, 5) is 0. The molecular weight excluding hydrogens is 649 g/mol. The van der Waals surface area contributed by atoms with Gasteiger partial charge < -0.3 is 0 Å². The zero-order valence-corrected chi connectivity index (χ0v) is 29.8. The molecule has 0 fully saturated rings. The van der Waals surface area contributed by atoms with Gasteiger partial charge in [0.2, 0.25) is 0 Å². The standard InChI is InChI=1S/C54H36/c1-4-14-35(15-5-1)41-30-42(36-16-6-2-7-17-36)32-43(31-41)53-46-23-13-12-22-45(46)50-33-39(25-27-47(50)53)40-26-28-48-51(34-40)54-44-21-11-10-18-37(44)24-29-49(54)52(48)38-19-8-3-9-20-38/h1-34,52-53H. The van der Waals surface area contributed by atoms with Crippen LogP contribution in [0.2, 0.25) is 0 Å². The van der Waals surface area contributed by atoms with Gasteiger partial charge in [0.1, 0.15) is 0 Å². The molecule has 0 bridgehead atoms. The van der Waals surface area contributed by atoms with Gasteiger partial charge in [0.15, 0.2) is 0 Å². The molecule has 9 aromatic rings. The van der Waals surface area contributed by atoms with Crippen LogP contribution >= 0.6 is 0 Å². The maximum atomic E-state index is 2.46. The fraction of sp³-hybridized carbons (Fsp3) is 0.0370. The van der Waals surface area contributed by atoms with E-state index in [0.29, 0.717) is 0 Å². The van der Waals surface area contributed by atoms with Gasteiger partial charge in [-0.2, -0.15) is 0 Å². The van der Waals surface area contributed by atoms with E-state index in [4.69, 9.17) is 0 Å². The lowest BCUT2D eigenvalue weighted by Gasteiger charge is -2.18. The molecule has 2 aliphatic carbocycles. The fourth-order valence-corrected chi connectivity index (χ4v) is 9.36. The van der Waals surface area contributed by atoms with Crippen molar-refractivity contribution in [2.45, 2.75) is 11.8 Å². The monoisotopic (exact) mass is 684 g/mol. The molecule has 2 aliphatic rings. The number of fused-ring (bicyclic) bond motifs is 8. The minimum absolute atomic E-state index is 0.140. The summed E-state index contributed by atoms with van der Waals surface area (Å²) in [6, 6.07) is 76.7. The average Bonchev–Trinajstić information content (AvgIpc) is 3.77. The minimum Gasteiger partial charge on any atom is -0.0622 e. The van der Waals surface area contributed by atoms with E-state index < -0.39 is 0 Å². The van der Waals surface area contributed by atoms with Crippen LogP contribution in [0.15, 0.2) is 206 Å². The molecule has 0 saturated heterocycles. The van der Waals surface area contributed by atoms with Crippen LogP contribution in [0.5, 0.6) is 0 Å². The molecule has 0 N–H and O–H groups in total. The molecule has 11 rings (SSSR count). The molecule has 0 spiro atoms. The zero-order valence-electron chi connectivity index (χ0n) is 29.8. The Hall–Kier alpha value is -6.76. The molecule has 252 valence electrons. The molecule has 0 nitrogen and oxygen atoms in total. The molecule has 9 aromatic carbocycles. The van der Waals surface area contributed by atoms with Gasteiger partial charge in [0.25, 0.3) is 0 Å². The second kappa shape index (κ2) is 12.4. The second-order valence-corrected chi connectivity index (χ2v) is 14.8. The molecule has 0 radical (unpaired) electrons. The lowest BCUT2D eigenvalue weighted by Crippen LogP contribution is -2.00. The summed E-state index contributed by atoms with van der Waals surface area (Å²) in [5, 5.41) is 2.61. The van der Waals surface area contributed by atoms with E-state index in [-0.39, 0.29) is 11.8 Å². The van der Waals surface area contributed by atoms with Crippen molar-refractivity contribution >= 4 is 10.8 Å². The van der Waals surface area contributed by atoms with E-state index in [1.54, 1.807) is 0 Å². The SMILES string of the molecule is c1ccc(-c2cc(-c3ccccc3)cc(C3c4ccccc4-c4cc(-c5ccc6c(c5)-c5c(ccc7ccccc57)C6c5ccccc5)ccc43)c2)cc1. The maximum absolute atomic E-state index is 2.46. The van der Waals surface area contributed by atoms with Crippen LogP contribution < -0.4 is 0 Å². The summed E-state index contributed by atoms with van der Waals surface area (Å²) in [5.41, 5.74) is 21.0. The Morgan fingerprint density at radius 3 is 1.48 bits per heavy atom. The summed E-state index contributed by atoms with van der Waals surface area (Å²) in [6.45, 7) is 0. The number of benzene rings is 9. The Morgan fingerprint density at radius 2 is 0.778 bits per heavy atom. The van der Waals surface area contributed by atoms with Gasteiger partial charge in [-0.3, -0.25) is 0 Å². The molecule has 2 unspecified atom stereocenters. The van der Waals surface area contributed by atoms with Crippen molar-refractivity contribution in [3.05, 3.63) is 240 Å². The lowest BCUT2D eigenvalue weighted by molar-refractivity contribution is 1.02. The molecule has 0 heteroatoms. The first-order valence-electron chi connectivity index (χ1n) is 19.0. The van der Waals surface area contributed by atoms with Gasteiger partial charge >= 0.3 is 0 Å². The van der Waals surface area contributed by atoms with Crippen LogP contribution in [0.3, 0.4) is 0 Å². The third kappa shape index (κ3) is 4.91. The fourth-order valence-electron chi connectivity index (χ4n) is 9.36. The minimum atomic E-state index is 0.140. The molecule has 0 aliphatic heterocycles. The summed E-state index contributed by atoms with van der Waals surface area (Å²) >= 11 is 0. The zero-order chi connectivity index (χ0) is 35.6. The third-order valence-corrected chi connectivity index (χ3v) is 11.8. The largest absolute Gasteiger partial charge is 0.0622 e. The molecule has 0 aromatic heterocycles. The first-order chi connectivity index (χ1) is 26.8. The van der Waals surface area contributed by atoms with Gasteiger partial charge in [-0.25, -0.2) is 0 Å². The van der Waals surface area contributed by atoms with Crippen LogP contribution in [-0.4, -0.2) is 0 Å². The van der Waals surface area contributed by atoms with Crippen LogP contribution in [-0.2, 0) is 0 Å². The van der Waals surface area contributed by atoms with Gasteiger partial charge in [-0.1, -0.05) is 188 Å². The number of rotatable bonds is 5. The van der Waals surface area contributed by atoms with Crippen LogP contribution in [0.25, 0.3) is 66.4 Å². The van der Waals surface area contributed by atoms with Crippen molar-refractivity contribution in [2.24, 2.45) is 0 Å². The van der Waals surface area contributed by atoms with E-state index >= 15 is 0 Å². The highest BCUT2D eigenvalue weighted by Crippen LogP contribution is 2.53. The first-order valence-corrected chi connectivity index (χ1v) is 19.0. The van der Waals surface area contributed by atoms with Gasteiger partial charge in [-0.05, 0) is 118 Å². The molecule has 0 amide bonds. The Kier molecular flexibility index (Phi) is 7.10. The van der Waals surface area contributed by atoms with Crippen molar-refractivity contribution < 1.29 is 0 Å². The van der Waals surface area contributed by atoms with Crippen molar-refractivity contribution in [3.8, 4) is 55.6 Å². The highest BCUT2D eigenvalue weighted by molar-refractivity contribution is 6.03. The average molecular weight is 685 g/mol. The van der Waals surface area contributed by atoms with Crippen LogP contribution in [0.1, 0.15) is 45.2 Å². The van der Waals surface area contributed by atoms with Crippen LogP contribution in [0.4, 0.5) is 0 Å². The van der Waals surface area contributed by atoms with Gasteiger partial charge in [-0.15, -0.1) is 0 Å². The predicted octanol–water partition coefficient (Wildman–Crippen LogP) is 14.2. The Bertz CT molecular complexity index is 2810. The number of hydrogen-bond acceptors (Lipinski definition) is 0. The summed E-state index contributed by atoms with van der Waals surface area (Å²) in [7, 11) is 0. The van der Waals surface area contributed by atoms with Gasteiger partial charge in [0.05, 0.1) is 0 Å². The highest BCUT2D eigenvalue weighted by Gasteiger charge is 2.33. The maximum Gasteiger partial charge on any atom is 0.0352 e. The summed E-state index contributed by atoms with van der Waals surface area (Å²) in [6.07, 6.45) is 0. The molecule has 2 atom stereocenters. The van der Waals surface area contributed by atoms with E-state index in [1.165, 1.54) is 99.8 Å². The Balaban J connectivity index is 1.06.